The van der Waals surface area contributed by atoms with Gasteiger partial charge in [-0.15, -0.1) is 0 Å². The van der Waals surface area contributed by atoms with Crippen LogP contribution in [0.3, 0.4) is 0 Å². The predicted octanol–water partition coefficient (Wildman–Crippen LogP) is 2.27. The first-order chi connectivity index (χ1) is 25.4. The Morgan fingerprint density at radius 2 is 1.45 bits per heavy atom. The normalized spacial score (nSPS) is 47.7. The molecule has 7 saturated heterocycles. The van der Waals surface area contributed by atoms with E-state index in [0.29, 0.717) is 32.1 Å². The molecule has 0 aromatic carbocycles. The Morgan fingerprint density at radius 1 is 0.736 bits per heavy atom. The Kier molecular flexibility index (Phi) is 12.6. The summed E-state index contributed by atoms with van der Waals surface area (Å²) in [6.45, 7) is 10.4. The summed E-state index contributed by atoms with van der Waals surface area (Å²) in [5.74, 6) is -0.221. The van der Waals surface area contributed by atoms with E-state index in [2.05, 4.69) is 20.1 Å². The van der Waals surface area contributed by atoms with E-state index >= 15 is 0 Å². The van der Waals surface area contributed by atoms with E-state index in [1.54, 1.807) is 7.11 Å². The molecule has 7 fully saturated rings. The molecule has 0 aromatic heterocycles. The smallest absolute Gasteiger partial charge is 0.135 e. The van der Waals surface area contributed by atoms with Crippen LogP contribution in [0.25, 0.3) is 0 Å². The number of hydrogen-bond donors (Lipinski definition) is 4. The number of methoxy groups -OCH3 is 1. The molecule has 13 nitrogen and oxygen atoms in total. The zero-order valence-electron chi connectivity index (χ0n) is 31.2. The van der Waals surface area contributed by atoms with Crippen molar-refractivity contribution in [3.63, 3.8) is 0 Å². The van der Waals surface area contributed by atoms with Crippen molar-refractivity contribution in [3.05, 3.63) is 24.3 Å². The lowest BCUT2D eigenvalue weighted by molar-refractivity contribution is -0.259. The van der Waals surface area contributed by atoms with Gasteiger partial charge in [0.1, 0.15) is 42.1 Å². The zero-order chi connectivity index (χ0) is 37.6. The first-order valence-electron chi connectivity index (χ1n) is 19.9. The summed E-state index contributed by atoms with van der Waals surface area (Å²) in [7, 11) is 1.58. The number of Topliss-reactive ketones (excluding diaryl/α,β-unsaturated/α-hetero) is 2. The number of aliphatic hydroxyl groups is 4. The molecule has 0 aliphatic carbocycles. The van der Waals surface area contributed by atoms with Crippen LogP contribution in [0.15, 0.2) is 24.3 Å². The highest BCUT2D eigenvalue weighted by Crippen LogP contribution is 2.43. The number of ketones is 2. The fourth-order valence-corrected chi connectivity index (χ4v) is 10.1. The number of hydrogen-bond acceptors (Lipinski definition) is 13. The second kappa shape index (κ2) is 16.9. The maximum absolute atomic E-state index is 13.9. The monoisotopic (exact) mass is 748 g/mol. The second-order valence-electron chi connectivity index (χ2n) is 16.8. The van der Waals surface area contributed by atoms with Crippen molar-refractivity contribution < 1.29 is 63.2 Å². The molecule has 7 aliphatic heterocycles. The molecule has 0 radical (unpaired) electrons. The maximum atomic E-state index is 13.9. The van der Waals surface area contributed by atoms with Crippen LogP contribution in [0.4, 0.5) is 0 Å². The summed E-state index contributed by atoms with van der Waals surface area (Å²) < 4.78 is 44.3. The molecule has 4 N–H and O–H groups in total. The van der Waals surface area contributed by atoms with E-state index in [1.807, 2.05) is 0 Å². The predicted molar refractivity (Wildman–Crippen MR) is 189 cm³/mol. The minimum atomic E-state index is -1.10. The fraction of sp³-hybridized carbons (Fsp3) is 0.850. The minimum Gasteiger partial charge on any atom is -0.394 e. The van der Waals surface area contributed by atoms with Gasteiger partial charge in [-0.3, -0.25) is 9.59 Å². The van der Waals surface area contributed by atoms with E-state index in [9.17, 15) is 30.0 Å². The Balaban J connectivity index is 1.11. The molecule has 13 heteroatoms. The van der Waals surface area contributed by atoms with E-state index < -0.39 is 79.9 Å². The van der Waals surface area contributed by atoms with Crippen LogP contribution >= 0.6 is 0 Å². The molecule has 7 aliphatic rings. The van der Waals surface area contributed by atoms with Crippen molar-refractivity contribution in [2.75, 3.05) is 13.7 Å². The van der Waals surface area contributed by atoms with Crippen molar-refractivity contribution in [2.24, 2.45) is 11.8 Å². The summed E-state index contributed by atoms with van der Waals surface area (Å²) in [5, 5.41) is 42.6. The molecule has 10 unspecified atom stereocenters. The molecule has 0 aromatic rings. The molecular formula is C40H60O13. The number of aliphatic hydroxyl groups excluding tert-OH is 4. The average molecular weight is 749 g/mol. The molecule has 0 spiro atoms. The van der Waals surface area contributed by atoms with Crippen LogP contribution in [0.2, 0.25) is 0 Å². The van der Waals surface area contributed by atoms with E-state index in [0.717, 1.165) is 30.4 Å². The van der Waals surface area contributed by atoms with Gasteiger partial charge in [0.2, 0.25) is 0 Å². The van der Waals surface area contributed by atoms with Crippen molar-refractivity contribution in [1.82, 2.24) is 0 Å². The number of carbonyl (C=O) groups excluding carboxylic acids is 2. The van der Waals surface area contributed by atoms with Crippen LogP contribution in [0, 0.1) is 11.8 Å². The Bertz CT molecular complexity index is 1340. The first kappa shape index (κ1) is 39.6. The third-order valence-electron chi connectivity index (χ3n) is 13.1. The minimum absolute atomic E-state index is 0.00643. The molecule has 0 saturated carbocycles. The van der Waals surface area contributed by atoms with Gasteiger partial charge in [-0.2, -0.15) is 0 Å². The van der Waals surface area contributed by atoms with Gasteiger partial charge >= 0.3 is 0 Å². The van der Waals surface area contributed by atoms with Gasteiger partial charge in [-0.1, -0.05) is 20.1 Å². The Labute approximate surface area is 312 Å². The largest absolute Gasteiger partial charge is 0.394 e. The lowest BCUT2D eigenvalue weighted by atomic mass is 9.81. The molecule has 18 atom stereocenters. The lowest BCUT2D eigenvalue weighted by Crippen LogP contribution is -2.61. The highest BCUT2D eigenvalue weighted by atomic mass is 16.6. The highest BCUT2D eigenvalue weighted by molar-refractivity contribution is 5.79. The third kappa shape index (κ3) is 8.56. The van der Waals surface area contributed by atoms with Crippen LogP contribution in [0.5, 0.6) is 0 Å². The Morgan fingerprint density at radius 3 is 2.23 bits per heavy atom. The van der Waals surface area contributed by atoms with Crippen LogP contribution in [0.1, 0.15) is 90.4 Å². The molecule has 8 bridgehead atoms. The first-order valence-corrected chi connectivity index (χ1v) is 19.9. The molecule has 0 amide bonds. The summed E-state index contributed by atoms with van der Waals surface area (Å²) in [5.41, 5.74) is 2.00. The summed E-state index contributed by atoms with van der Waals surface area (Å²) in [6.07, 6.45) is -3.55. The van der Waals surface area contributed by atoms with Gasteiger partial charge in [0.15, 0.2) is 0 Å². The SMILES string of the molecule is C=C1CC2CCC(=O)CC3OC4C(OC5CCC(CC(=O)CC6[C@H](C[C@H]7O[C@@H](CC[C@@H]1O2)C[C@@H](C)C7=C)O[C@H](CC(O)CO)[C@@H]6OC)O[C@@H]5C4O)C3O. The number of carbonyl (C=O) groups is 2. The van der Waals surface area contributed by atoms with Crippen LogP contribution in [-0.4, -0.2) is 143 Å². The number of rotatable bonds is 4. The quantitative estimate of drug-likeness (QED) is 0.308. The molecular weight excluding hydrogens is 688 g/mol. The highest BCUT2D eigenvalue weighted by Gasteiger charge is 2.57. The fourth-order valence-electron chi connectivity index (χ4n) is 10.1. The lowest BCUT2D eigenvalue weighted by Gasteiger charge is -2.46. The average Bonchev–Trinajstić information content (AvgIpc) is 3.76. The molecule has 53 heavy (non-hydrogen) atoms. The Hall–Kier alpha value is -1.62. The van der Waals surface area contributed by atoms with Gasteiger partial charge in [-0.05, 0) is 62.0 Å². The van der Waals surface area contributed by atoms with Gasteiger partial charge in [0.05, 0.1) is 73.8 Å². The van der Waals surface area contributed by atoms with Crippen molar-refractivity contribution in [3.8, 4) is 0 Å². The number of ether oxygens (including phenoxy) is 7. The van der Waals surface area contributed by atoms with Gasteiger partial charge in [0, 0.05) is 51.6 Å². The van der Waals surface area contributed by atoms with E-state index in [-0.39, 0.29) is 79.9 Å². The maximum Gasteiger partial charge on any atom is 0.135 e. The molecule has 298 valence electrons. The van der Waals surface area contributed by atoms with Gasteiger partial charge < -0.3 is 53.6 Å². The van der Waals surface area contributed by atoms with Gasteiger partial charge in [-0.25, -0.2) is 0 Å². The summed E-state index contributed by atoms with van der Waals surface area (Å²) in [4.78, 5) is 27.0. The van der Waals surface area contributed by atoms with Crippen LogP contribution < -0.4 is 0 Å². The summed E-state index contributed by atoms with van der Waals surface area (Å²) >= 11 is 0. The van der Waals surface area contributed by atoms with E-state index in [4.69, 9.17) is 33.2 Å². The number of fused-ring (bicyclic) bond motifs is 7. The van der Waals surface area contributed by atoms with E-state index in [1.165, 1.54) is 0 Å². The molecule has 7 rings (SSSR count). The second-order valence-corrected chi connectivity index (χ2v) is 16.8. The van der Waals surface area contributed by atoms with Crippen molar-refractivity contribution >= 4 is 11.6 Å². The standard InChI is InChI=1S/C40H60O13/c1-19-11-26-7-9-29-20(2)12-25(48-29)6-5-22(42)15-33-35(45)39-40(53-33)36(46)38-30(52-39)10-8-27(50-38)13-23(43)14-28-32(17-31(49-26)21(19)3)51-34(37(28)47-4)16-24(44)18-41/h19,24-41,44-46H,2-3,5-18H2,1,4H3/t19-,24?,25?,26+,27?,28?,29+,30?,31-,32+,33?,34-,35?,36?,37-,38+,39?,40?/m1/s1. The van der Waals surface area contributed by atoms with Gasteiger partial charge in [0.25, 0.3) is 0 Å². The van der Waals surface area contributed by atoms with Crippen LogP contribution in [-0.2, 0) is 42.7 Å². The van der Waals surface area contributed by atoms with Crippen molar-refractivity contribution in [2.45, 2.75) is 188 Å². The zero-order valence-corrected chi connectivity index (χ0v) is 31.2. The topological polar surface area (TPSA) is 180 Å². The third-order valence-corrected chi connectivity index (χ3v) is 13.1. The van der Waals surface area contributed by atoms with Crippen molar-refractivity contribution in [1.29, 1.82) is 0 Å². The summed E-state index contributed by atoms with van der Waals surface area (Å²) in [6, 6.07) is 0. The molecule has 7 heterocycles.